The van der Waals surface area contributed by atoms with Crippen LogP contribution in [0, 0.1) is 23.7 Å². The van der Waals surface area contributed by atoms with E-state index in [2.05, 4.69) is 16.0 Å². The summed E-state index contributed by atoms with van der Waals surface area (Å²) in [5.74, 6) is 2.59. The lowest BCUT2D eigenvalue weighted by molar-refractivity contribution is -0.123. The number of nitrogens with one attached hydrogen (secondary N) is 3. The molecule has 148 valence electrons. The molecule has 4 aliphatic carbocycles. The van der Waals surface area contributed by atoms with Gasteiger partial charge in [0.15, 0.2) is 0 Å². The third-order valence-electron chi connectivity index (χ3n) is 7.18. The molecule has 0 aromatic carbocycles. The Kier molecular flexibility index (Phi) is 5.52. The van der Waals surface area contributed by atoms with E-state index >= 15 is 0 Å². The van der Waals surface area contributed by atoms with E-state index in [0.29, 0.717) is 13.1 Å². The standard InChI is InChI=1S/C20H36N4O2/c1-13(2)19(3,12-21)23-17(25)4-5-22-18(26)24-20-9-14-6-15(10-20)8-16(7-14)11-20/h13-16H,4-12,21H2,1-3H3,(H,23,25)(H2,22,24,26). The zero-order valence-corrected chi connectivity index (χ0v) is 16.6. The number of rotatable bonds is 7. The Morgan fingerprint density at radius 3 is 2.12 bits per heavy atom. The Morgan fingerprint density at radius 2 is 1.65 bits per heavy atom. The molecule has 0 aromatic rings. The first-order valence-electron chi connectivity index (χ1n) is 10.3. The van der Waals surface area contributed by atoms with Gasteiger partial charge in [0.25, 0.3) is 0 Å². The Bertz CT molecular complexity index is 513. The Morgan fingerprint density at radius 1 is 1.12 bits per heavy atom. The third kappa shape index (κ3) is 4.16. The lowest BCUT2D eigenvalue weighted by Gasteiger charge is -2.56. The lowest BCUT2D eigenvalue weighted by atomic mass is 9.53. The molecule has 3 amide bonds. The summed E-state index contributed by atoms with van der Waals surface area (Å²) in [6.07, 6.45) is 7.76. The van der Waals surface area contributed by atoms with Crippen molar-refractivity contribution in [2.24, 2.45) is 29.4 Å². The Balaban J connectivity index is 1.41. The molecule has 4 aliphatic rings. The maximum Gasteiger partial charge on any atom is 0.315 e. The smallest absolute Gasteiger partial charge is 0.315 e. The number of hydrogen-bond acceptors (Lipinski definition) is 3. The highest BCUT2D eigenvalue weighted by Crippen LogP contribution is 2.55. The van der Waals surface area contributed by atoms with Crippen LogP contribution in [0.3, 0.4) is 0 Å². The largest absolute Gasteiger partial charge is 0.349 e. The van der Waals surface area contributed by atoms with Crippen molar-refractivity contribution in [3.05, 3.63) is 0 Å². The fraction of sp³-hybridized carbons (Fsp3) is 0.900. The van der Waals surface area contributed by atoms with Gasteiger partial charge in [0.05, 0.1) is 5.54 Å². The van der Waals surface area contributed by atoms with E-state index in [9.17, 15) is 9.59 Å². The predicted octanol–water partition coefficient (Wildman–Crippen LogP) is 2.13. The second-order valence-electron chi connectivity index (χ2n) is 9.65. The van der Waals surface area contributed by atoms with Crippen molar-refractivity contribution in [1.82, 2.24) is 16.0 Å². The van der Waals surface area contributed by atoms with Gasteiger partial charge < -0.3 is 21.7 Å². The fourth-order valence-electron chi connectivity index (χ4n) is 5.65. The van der Waals surface area contributed by atoms with Crippen molar-refractivity contribution in [2.45, 2.75) is 76.8 Å². The molecule has 26 heavy (non-hydrogen) atoms. The average Bonchev–Trinajstić information content (AvgIpc) is 2.52. The molecule has 6 heteroatoms. The van der Waals surface area contributed by atoms with E-state index in [4.69, 9.17) is 5.73 Å². The van der Waals surface area contributed by atoms with Crippen molar-refractivity contribution in [2.75, 3.05) is 13.1 Å². The minimum atomic E-state index is -0.404. The monoisotopic (exact) mass is 364 g/mol. The summed E-state index contributed by atoms with van der Waals surface area (Å²) in [5, 5.41) is 9.16. The number of carbonyl (C=O) groups is 2. The second-order valence-corrected chi connectivity index (χ2v) is 9.65. The zero-order valence-electron chi connectivity index (χ0n) is 16.6. The SMILES string of the molecule is CC(C)C(C)(CN)NC(=O)CCNC(=O)NC12CC3CC(CC(C3)C1)C2. The fourth-order valence-corrected chi connectivity index (χ4v) is 5.65. The minimum Gasteiger partial charge on any atom is -0.349 e. The number of nitrogens with two attached hydrogens (primary N) is 1. The van der Waals surface area contributed by atoms with Crippen LogP contribution >= 0.6 is 0 Å². The molecular formula is C20H36N4O2. The van der Waals surface area contributed by atoms with Gasteiger partial charge in [0, 0.05) is 25.0 Å². The van der Waals surface area contributed by atoms with Gasteiger partial charge in [-0.25, -0.2) is 4.79 Å². The van der Waals surface area contributed by atoms with Crippen LogP contribution in [0.25, 0.3) is 0 Å². The molecule has 0 saturated heterocycles. The van der Waals surface area contributed by atoms with Crippen LogP contribution in [0.1, 0.15) is 65.7 Å². The molecule has 0 aromatic heterocycles. The molecule has 6 nitrogen and oxygen atoms in total. The molecule has 5 N–H and O–H groups in total. The van der Waals surface area contributed by atoms with E-state index in [-0.39, 0.29) is 29.8 Å². The number of carbonyl (C=O) groups excluding carboxylic acids is 2. The maximum atomic E-state index is 12.4. The van der Waals surface area contributed by atoms with E-state index in [1.807, 2.05) is 20.8 Å². The summed E-state index contributed by atoms with van der Waals surface area (Å²) in [6.45, 7) is 6.80. The van der Waals surface area contributed by atoms with Crippen LogP contribution in [-0.4, -0.2) is 36.1 Å². The number of hydrogen-bond donors (Lipinski definition) is 4. The van der Waals surface area contributed by atoms with Gasteiger partial charge in [-0.3, -0.25) is 4.79 Å². The molecule has 4 bridgehead atoms. The first kappa shape index (κ1) is 19.5. The highest BCUT2D eigenvalue weighted by Gasteiger charge is 2.51. The molecule has 0 spiro atoms. The van der Waals surface area contributed by atoms with E-state index < -0.39 is 5.54 Å². The molecule has 0 radical (unpaired) electrons. The third-order valence-corrected chi connectivity index (χ3v) is 7.18. The van der Waals surface area contributed by atoms with E-state index in [0.717, 1.165) is 37.0 Å². The summed E-state index contributed by atoms with van der Waals surface area (Å²) in [4.78, 5) is 24.6. The van der Waals surface area contributed by atoms with Gasteiger partial charge in [-0.2, -0.15) is 0 Å². The maximum absolute atomic E-state index is 12.4. The lowest BCUT2D eigenvalue weighted by Crippen LogP contribution is -2.61. The van der Waals surface area contributed by atoms with Gasteiger partial charge >= 0.3 is 6.03 Å². The van der Waals surface area contributed by atoms with Gasteiger partial charge in [0.1, 0.15) is 0 Å². The average molecular weight is 365 g/mol. The minimum absolute atomic E-state index is 0.0108. The van der Waals surface area contributed by atoms with Gasteiger partial charge in [0.2, 0.25) is 5.91 Å². The van der Waals surface area contributed by atoms with Crippen LogP contribution in [0.4, 0.5) is 4.79 Å². The van der Waals surface area contributed by atoms with Crippen LogP contribution in [0.2, 0.25) is 0 Å². The van der Waals surface area contributed by atoms with Crippen molar-refractivity contribution < 1.29 is 9.59 Å². The summed E-state index contributed by atoms with van der Waals surface area (Å²) >= 11 is 0. The van der Waals surface area contributed by atoms with E-state index in [1.54, 1.807) is 0 Å². The van der Waals surface area contributed by atoms with Crippen molar-refractivity contribution in [1.29, 1.82) is 0 Å². The van der Waals surface area contributed by atoms with Crippen LogP contribution in [0.15, 0.2) is 0 Å². The van der Waals surface area contributed by atoms with Crippen molar-refractivity contribution in [3.8, 4) is 0 Å². The van der Waals surface area contributed by atoms with Crippen LogP contribution in [0.5, 0.6) is 0 Å². The van der Waals surface area contributed by atoms with Crippen molar-refractivity contribution in [3.63, 3.8) is 0 Å². The molecule has 1 unspecified atom stereocenters. The summed E-state index contributed by atoms with van der Waals surface area (Å²) < 4.78 is 0. The van der Waals surface area contributed by atoms with Crippen LogP contribution < -0.4 is 21.7 Å². The number of amides is 3. The second kappa shape index (κ2) is 7.37. The normalized spacial score (nSPS) is 34.4. The molecule has 0 heterocycles. The Hall–Kier alpha value is -1.30. The molecule has 4 fully saturated rings. The van der Waals surface area contributed by atoms with Gasteiger partial charge in [-0.05, 0) is 69.1 Å². The predicted molar refractivity (Wildman–Crippen MR) is 102 cm³/mol. The first-order chi connectivity index (χ1) is 12.2. The quantitative estimate of drug-likeness (QED) is 0.557. The first-order valence-corrected chi connectivity index (χ1v) is 10.3. The Labute approximate surface area is 157 Å². The number of urea groups is 1. The van der Waals surface area contributed by atoms with E-state index in [1.165, 1.54) is 19.3 Å². The summed E-state index contributed by atoms with van der Waals surface area (Å²) in [6, 6.07) is -0.120. The summed E-state index contributed by atoms with van der Waals surface area (Å²) in [7, 11) is 0. The molecule has 0 aliphatic heterocycles. The summed E-state index contributed by atoms with van der Waals surface area (Å²) in [5.41, 5.74) is 5.41. The van der Waals surface area contributed by atoms with Crippen molar-refractivity contribution >= 4 is 11.9 Å². The zero-order chi connectivity index (χ0) is 18.9. The molecule has 1 atom stereocenters. The van der Waals surface area contributed by atoms with Crippen LogP contribution in [-0.2, 0) is 4.79 Å². The highest BCUT2D eigenvalue weighted by atomic mass is 16.2. The molecule has 4 saturated carbocycles. The molecule has 4 rings (SSSR count). The van der Waals surface area contributed by atoms with Gasteiger partial charge in [-0.15, -0.1) is 0 Å². The van der Waals surface area contributed by atoms with Gasteiger partial charge in [-0.1, -0.05) is 13.8 Å². The highest BCUT2D eigenvalue weighted by molar-refractivity contribution is 5.79. The molecular weight excluding hydrogens is 328 g/mol. The topological polar surface area (TPSA) is 96.2 Å².